The van der Waals surface area contributed by atoms with Gasteiger partial charge in [-0.05, 0) is 43.3 Å². The Morgan fingerprint density at radius 3 is 2.46 bits per heavy atom. The van der Waals surface area contributed by atoms with Crippen LogP contribution in [0.2, 0.25) is 0 Å². The molecule has 5 heteroatoms. The summed E-state index contributed by atoms with van der Waals surface area (Å²) in [6.45, 7) is 4.83. The summed E-state index contributed by atoms with van der Waals surface area (Å²) < 4.78 is 1.97. The molecule has 0 saturated carbocycles. The zero-order chi connectivity index (χ0) is 16.9. The number of hydrogen-bond donors (Lipinski definition) is 2. The summed E-state index contributed by atoms with van der Waals surface area (Å²) in [5.41, 5.74) is 4.44. The highest BCUT2D eigenvalue weighted by Gasteiger charge is 2.07. The van der Waals surface area contributed by atoms with E-state index in [1.807, 2.05) is 67.1 Å². The van der Waals surface area contributed by atoms with Crippen molar-refractivity contribution in [3.8, 4) is 0 Å². The maximum absolute atomic E-state index is 5.39. The van der Waals surface area contributed by atoms with E-state index in [1.165, 1.54) is 5.56 Å². The predicted octanol–water partition coefficient (Wildman–Crippen LogP) is 4.36. The van der Waals surface area contributed by atoms with Gasteiger partial charge in [-0.15, -0.1) is 0 Å². The Morgan fingerprint density at radius 2 is 1.71 bits per heavy atom. The first-order chi connectivity index (χ1) is 11.6. The summed E-state index contributed by atoms with van der Waals surface area (Å²) in [5.74, 6) is 0.745. The van der Waals surface area contributed by atoms with Crippen molar-refractivity contribution in [1.82, 2.24) is 9.78 Å². The van der Waals surface area contributed by atoms with Gasteiger partial charge in [0.15, 0.2) is 10.9 Å². The minimum atomic E-state index is 0.536. The molecule has 2 N–H and O–H groups in total. The largest absolute Gasteiger partial charge is 0.332 e. The summed E-state index contributed by atoms with van der Waals surface area (Å²) in [7, 11) is 0. The van der Waals surface area contributed by atoms with Crippen LogP contribution < -0.4 is 10.6 Å². The Hall–Kier alpha value is -2.66. The molecule has 0 fully saturated rings. The topological polar surface area (TPSA) is 41.9 Å². The molecule has 0 aliphatic heterocycles. The van der Waals surface area contributed by atoms with E-state index >= 15 is 0 Å². The average molecular weight is 336 g/mol. The number of aromatic nitrogens is 2. The van der Waals surface area contributed by atoms with E-state index < -0.39 is 0 Å². The molecule has 0 aliphatic carbocycles. The Balaban J connectivity index is 1.67. The lowest BCUT2D eigenvalue weighted by Crippen LogP contribution is -2.20. The molecule has 122 valence electrons. The van der Waals surface area contributed by atoms with Gasteiger partial charge in [-0.3, -0.25) is 4.68 Å². The van der Waals surface area contributed by atoms with Crippen LogP contribution in [0.25, 0.3) is 0 Å². The molecule has 4 nitrogen and oxygen atoms in total. The highest BCUT2D eigenvalue weighted by molar-refractivity contribution is 7.80. The van der Waals surface area contributed by atoms with Crippen molar-refractivity contribution in [2.45, 2.75) is 20.4 Å². The number of hydrogen-bond acceptors (Lipinski definition) is 2. The number of benzene rings is 2. The van der Waals surface area contributed by atoms with Crippen LogP contribution in [-0.4, -0.2) is 14.9 Å². The fourth-order valence-electron chi connectivity index (χ4n) is 2.47. The number of para-hydroxylation sites is 1. The summed E-state index contributed by atoms with van der Waals surface area (Å²) in [5, 5.41) is 11.5. The van der Waals surface area contributed by atoms with E-state index in [-0.39, 0.29) is 0 Å². The number of thiocarbonyl (C=S) groups is 1. The number of rotatable bonds is 4. The molecule has 1 heterocycles. The van der Waals surface area contributed by atoms with Crippen molar-refractivity contribution in [2.24, 2.45) is 0 Å². The van der Waals surface area contributed by atoms with Crippen LogP contribution in [0.1, 0.15) is 16.8 Å². The van der Waals surface area contributed by atoms with E-state index in [2.05, 4.69) is 27.9 Å². The van der Waals surface area contributed by atoms with Crippen LogP contribution in [0.5, 0.6) is 0 Å². The highest BCUT2D eigenvalue weighted by atomic mass is 32.1. The van der Waals surface area contributed by atoms with E-state index in [0.717, 1.165) is 29.3 Å². The van der Waals surface area contributed by atoms with E-state index in [0.29, 0.717) is 5.11 Å². The van der Waals surface area contributed by atoms with Gasteiger partial charge in [0, 0.05) is 17.4 Å². The summed E-state index contributed by atoms with van der Waals surface area (Å²) in [6.07, 6.45) is 0. The van der Waals surface area contributed by atoms with Gasteiger partial charge in [-0.25, -0.2) is 0 Å². The van der Waals surface area contributed by atoms with Gasteiger partial charge >= 0.3 is 0 Å². The second-order valence-corrected chi connectivity index (χ2v) is 6.12. The third-order valence-corrected chi connectivity index (χ3v) is 4.00. The number of nitrogens with one attached hydrogen (secondary N) is 2. The number of anilines is 2. The van der Waals surface area contributed by atoms with E-state index in [9.17, 15) is 0 Å². The standard InChI is InChI=1S/C19H20N4S/c1-14-8-6-7-11-17(14)20-19(24)21-18-12-15(2)23(22-18)13-16-9-4-3-5-10-16/h3-12H,13H2,1-2H3,(H2,20,21,22,24). The van der Waals surface area contributed by atoms with Crippen LogP contribution in [0.4, 0.5) is 11.5 Å². The molecule has 0 bridgehead atoms. The first-order valence-electron chi connectivity index (χ1n) is 7.84. The van der Waals surface area contributed by atoms with Crippen LogP contribution in [0.15, 0.2) is 60.7 Å². The smallest absolute Gasteiger partial charge is 0.176 e. The average Bonchev–Trinajstić information content (AvgIpc) is 2.90. The second kappa shape index (κ2) is 7.27. The molecular weight excluding hydrogens is 316 g/mol. The number of aryl methyl sites for hydroxylation is 2. The molecule has 3 aromatic rings. The van der Waals surface area contributed by atoms with Crippen LogP contribution >= 0.6 is 12.2 Å². The van der Waals surface area contributed by atoms with Crippen LogP contribution in [-0.2, 0) is 6.54 Å². The predicted molar refractivity (Wildman–Crippen MR) is 104 cm³/mol. The molecule has 0 unspecified atom stereocenters. The molecule has 0 spiro atoms. The lowest BCUT2D eigenvalue weighted by Gasteiger charge is -2.10. The Bertz CT molecular complexity index is 840. The van der Waals surface area contributed by atoms with E-state index in [4.69, 9.17) is 12.2 Å². The molecule has 0 saturated heterocycles. The first kappa shape index (κ1) is 16.2. The molecule has 1 aromatic heterocycles. The Labute approximate surface area is 147 Å². The van der Waals surface area contributed by atoms with Crippen molar-refractivity contribution < 1.29 is 0 Å². The minimum Gasteiger partial charge on any atom is -0.332 e. The molecule has 0 atom stereocenters. The second-order valence-electron chi connectivity index (χ2n) is 5.71. The van der Waals surface area contributed by atoms with Crippen molar-refractivity contribution in [2.75, 3.05) is 10.6 Å². The Morgan fingerprint density at radius 1 is 1.00 bits per heavy atom. The third-order valence-electron chi connectivity index (χ3n) is 3.79. The van der Waals surface area contributed by atoms with Crippen molar-refractivity contribution in [1.29, 1.82) is 0 Å². The fraction of sp³-hybridized carbons (Fsp3) is 0.158. The first-order valence-corrected chi connectivity index (χ1v) is 8.24. The maximum atomic E-state index is 5.39. The molecule has 0 aliphatic rings. The molecular formula is C19H20N4S. The molecule has 3 rings (SSSR count). The van der Waals surface area contributed by atoms with Crippen LogP contribution in [0, 0.1) is 13.8 Å². The quantitative estimate of drug-likeness (QED) is 0.695. The van der Waals surface area contributed by atoms with Gasteiger partial charge in [0.1, 0.15) is 0 Å². The lowest BCUT2D eigenvalue weighted by atomic mass is 10.2. The van der Waals surface area contributed by atoms with Gasteiger partial charge < -0.3 is 10.6 Å². The number of nitrogens with zero attached hydrogens (tertiary/aromatic N) is 2. The summed E-state index contributed by atoms with van der Waals surface area (Å²) in [6, 6.07) is 20.3. The fourth-order valence-corrected chi connectivity index (χ4v) is 2.69. The van der Waals surface area contributed by atoms with Gasteiger partial charge in [0.2, 0.25) is 0 Å². The molecule has 0 radical (unpaired) electrons. The SMILES string of the molecule is Cc1ccccc1NC(=S)Nc1cc(C)n(Cc2ccccc2)n1. The van der Waals surface area contributed by atoms with Gasteiger partial charge in [-0.1, -0.05) is 48.5 Å². The normalized spacial score (nSPS) is 10.4. The van der Waals surface area contributed by atoms with Gasteiger partial charge in [0.25, 0.3) is 0 Å². The highest BCUT2D eigenvalue weighted by Crippen LogP contribution is 2.15. The zero-order valence-electron chi connectivity index (χ0n) is 13.8. The van der Waals surface area contributed by atoms with Crippen LogP contribution in [0.3, 0.4) is 0 Å². The third kappa shape index (κ3) is 4.00. The van der Waals surface area contributed by atoms with Gasteiger partial charge in [-0.2, -0.15) is 5.10 Å². The van der Waals surface area contributed by atoms with Crippen molar-refractivity contribution in [3.63, 3.8) is 0 Å². The van der Waals surface area contributed by atoms with Crippen molar-refractivity contribution in [3.05, 3.63) is 77.5 Å². The van der Waals surface area contributed by atoms with E-state index in [1.54, 1.807) is 0 Å². The van der Waals surface area contributed by atoms with Crippen molar-refractivity contribution >= 4 is 28.8 Å². The maximum Gasteiger partial charge on any atom is 0.176 e. The summed E-state index contributed by atoms with van der Waals surface area (Å²) in [4.78, 5) is 0. The molecule has 0 amide bonds. The Kier molecular flexibility index (Phi) is 4.91. The minimum absolute atomic E-state index is 0.536. The molecule has 2 aromatic carbocycles. The molecule has 24 heavy (non-hydrogen) atoms. The lowest BCUT2D eigenvalue weighted by molar-refractivity contribution is 0.668. The summed E-state index contributed by atoms with van der Waals surface area (Å²) >= 11 is 5.39. The monoisotopic (exact) mass is 336 g/mol. The zero-order valence-corrected chi connectivity index (χ0v) is 14.6. The van der Waals surface area contributed by atoms with Gasteiger partial charge in [0.05, 0.1) is 6.54 Å².